The Kier molecular flexibility index (Phi) is 11.7. The van der Waals surface area contributed by atoms with E-state index in [-0.39, 0.29) is 4.71 Å². The third-order valence-corrected chi connectivity index (χ3v) is 8.14. The van der Waals surface area contributed by atoms with Gasteiger partial charge in [0.25, 0.3) is 0 Å². The van der Waals surface area contributed by atoms with Crippen LogP contribution in [0.2, 0.25) is 0 Å². The SMILES string of the molecule is NN1CCSC(Cl)C1.Nc1cc(N2CCSCC2)nc(-c2ccccc2)n1.c1ccc(-c2ncccn2)cc1. The van der Waals surface area contributed by atoms with E-state index in [4.69, 9.17) is 23.2 Å². The maximum Gasteiger partial charge on any atom is 0.163 e. The Balaban J connectivity index is 0.000000150. The summed E-state index contributed by atoms with van der Waals surface area (Å²) in [5.74, 6) is 11.8. The van der Waals surface area contributed by atoms with Crippen molar-refractivity contribution < 1.29 is 0 Å². The minimum atomic E-state index is 0.203. The van der Waals surface area contributed by atoms with Crippen molar-refractivity contribution in [1.29, 1.82) is 0 Å². The maximum absolute atomic E-state index is 5.92. The lowest BCUT2D eigenvalue weighted by molar-refractivity contribution is 0.308. The number of anilines is 2. The lowest BCUT2D eigenvalue weighted by Gasteiger charge is -2.27. The number of hydrogen-bond donors (Lipinski definition) is 2. The predicted octanol–water partition coefficient (Wildman–Crippen LogP) is 4.90. The fourth-order valence-corrected chi connectivity index (χ4v) is 6.03. The first kappa shape index (κ1) is 29.1. The van der Waals surface area contributed by atoms with Crippen molar-refractivity contribution >= 4 is 46.8 Å². The third-order valence-electron chi connectivity index (χ3n) is 5.75. The van der Waals surface area contributed by atoms with Gasteiger partial charge in [-0.25, -0.2) is 24.9 Å². The standard InChI is InChI=1S/C14H16N4S.C10H8N2.C4H9ClN2S/c15-12-10-13(18-6-8-19-9-7-18)17-14(16-12)11-4-2-1-3-5-11;1-2-5-9(6-3-1)10-11-7-4-8-12-10;5-4-3-7(6)1-2-8-4/h1-5,10H,6-9H2,(H2,15,16,17);1-8H;4H,1-3,6H2. The second kappa shape index (κ2) is 15.6. The maximum atomic E-state index is 5.92. The van der Waals surface area contributed by atoms with E-state index in [0.717, 1.165) is 66.2 Å². The Morgan fingerprint density at radius 2 is 1.38 bits per heavy atom. The summed E-state index contributed by atoms with van der Waals surface area (Å²) in [4.78, 5) is 19.5. The number of halogens is 1. The molecule has 39 heavy (non-hydrogen) atoms. The average Bonchev–Trinajstić information content (AvgIpc) is 2.99. The Hall–Kier alpha value is -2.89. The molecule has 2 fully saturated rings. The molecular formula is C28H33ClN8S2. The van der Waals surface area contributed by atoms with Crippen LogP contribution in [0.25, 0.3) is 22.8 Å². The molecule has 204 valence electrons. The highest BCUT2D eigenvalue weighted by molar-refractivity contribution is 8.01. The molecule has 2 aliphatic heterocycles. The fraction of sp³-hybridized carbons (Fsp3) is 0.286. The summed E-state index contributed by atoms with van der Waals surface area (Å²) in [5, 5.41) is 1.76. The van der Waals surface area contributed by atoms with Gasteiger partial charge in [-0.2, -0.15) is 11.8 Å². The molecule has 11 heteroatoms. The van der Waals surface area contributed by atoms with Crippen molar-refractivity contribution in [2.24, 2.45) is 5.84 Å². The van der Waals surface area contributed by atoms with Crippen LogP contribution in [0.1, 0.15) is 0 Å². The topological polar surface area (TPSA) is 110 Å². The lowest BCUT2D eigenvalue weighted by Crippen LogP contribution is -2.40. The number of thioether (sulfide) groups is 2. The smallest absolute Gasteiger partial charge is 0.163 e. The molecule has 2 aromatic carbocycles. The van der Waals surface area contributed by atoms with Crippen LogP contribution in [-0.4, -0.2) is 73.1 Å². The molecule has 0 amide bonds. The molecule has 1 unspecified atom stereocenters. The molecule has 0 aliphatic carbocycles. The van der Waals surface area contributed by atoms with Crippen molar-refractivity contribution in [2.45, 2.75) is 4.71 Å². The number of hydrogen-bond acceptors (Lipinski definition) is 10. The number of alkyl halides is 1. The minimum absolute atomic E-state index is 0.203. The van der Waals surface area contributed by atoms with Gasteiger partial charge in [0.05, 0.1) is 4.71 Å². The molecule has 0 spiro atoms. The van der Waals surface area contributed by atoms with Crippen LogP contribution in [0.5, 0.6) is 0 Å². The van der Waals surface area contributed by atoms with Crippen LogP contribution < -0.4 is 16.5 Å². The molecule has 2 aliphatic rings. The molecule has 6 rings (SSSR count). The lowest BCUT2D eigenvalue weighted by atomic mass is 10.2. The Labute approximate surface area is 243 Å². The number of rotatable bonds is 3. The van der Waals surface area contributed by atoms with Gasteiger partial charge in [0, 0.05) is 73.0 Å². The van der Waals surface area contributed by atoms with E-state index in [2.05, 4.69) is 24.8 Å². The van der Waals surface area contributed by atoms with Crippen LogP contribution in [0, 0.1) is 0 Å². The molecule has 1 atom stereocenters. The van der Waals surface area contributed by atoms with Crippen molar-refractivity contribution in [2.75, 3.05) is 54.1 Å². The fourth-order valence-electron chi connectivity index (χ4n) is 3.78. The van der Waals surface area contributed by atoms with Crippen molar-refractivity contribution in [3.05, 3.63) is 85.2 Å². The molecule has 8 nitrogen and oxygen atoms in total. The number of nitrogens with two attached hydrogens (primary N) is 2. The largest absolute Gasteiger partial charge is 0.384 e. The van der Waals surface area contributed by atoms with Crippen molar-refractivity contribution in [3.8, 4) is 22.8 Å². The second-order valence-electron chi connectivity index (χ2n) is 8.65. The number of hydrazine groups is 1. The zero-order valence-corrected chi connectivity index (χ0v) is 24.0. The van der Waals surface area contributed by atoms with E-state index in [1.54, 1.807) is 29.2 Å². The van der Waals surface area contributed by atoms with E-state index in [1.165, 1.54) is 0 Å². The molecule has 4 N–H and O–H groups in total. The van der Waals surface area contributed by atoms with E-state index >= 15 is 0 Å². The van der Waals surface area contributed by atoms with Crippen molar-refractivity contribution in [3.63, 3.8) is 0 Å². The number of aromatic nitrogens is 4. The van der Waals surface area contributed by atoms with Gasteiger partial charge in [-0.3, -0.25) is 5.84 Å². The molecule has 0 saturated carbocycles. The minimum Gasteiger partial charge on any atom is -0.384 e. The summed E-state index contributed by atoms with van der Waals surface area (Å²) in [5.41, 5.74) is 7.98. The van der Waals surface area contributed by atoms with E-state index in [0.29, 0.717) is 11.6 Å². The van der Waals surface area contributed by atoms with Gasteiger partial charge in [-0.1, -0.05) is 60.7 Å². The predicted molar refractivity (Wildman–Crippen MR) is 167 cm³/mol. The van der Waals surface area contributed by atoms with Crippen LogP contribution in [-0.2, 0) is 0 Å². The van der Waals surface area contributed by atoms with E-state index < -0.39 is 0 Å². The number of nitrogens with zero attached hydrogens (tertiary/aromatic N) is 6. The van der Waals surface area contributed by atoms with Gasteiger partial charge in [0.2, 0.25) is 0 Å². The highest BCUT2D eigenvalue weighted by atomic mass is 35.5. The monoisotopic (exact) mass is 580 g/mol. The quantitative estimate of drug-likeness (QED) is 0.256. The first-order chi connectivity index (χ1) is 19.1. The second-order valence-corrected chi connectivity index (χ2v) is 12.0. The summed E-state index contributed by atoms with van der Waals surface area (Å²) in [7, 11) is 0. The first-order valence-corrected chi connectivity index (χ1v) is 15.3. The summed E-state index contributed by atoms with van der Waals surface area (Å²) < 4.78 is 0.203. The molecule has 4 aromatic rings. The summed E-state index contributed by atoms with van der Waals surface area (Å²) in [6.45, 7) is 3.82. The molecule has 0 bridgehead atoms. The summed E-state index contributed by atoms with van der Waals surface area (Å²) in [6, 6.07) is 23.6. The normalized spacial score (nSPS) is 17.3. The van der Waals surface area contributed by atoms with Crippen LogP contribution >= 0.6 is 35.1 Å². The zero-order valence-electron chi connectivity index (χ0n) is 21.6. The number of nitrogen functional groups attached to an aromatic ring is 1. The average molecular weight is 581 g/mol. The van der Waals surface area contributed by atoms with Gasteiger partial charge >= 0.3 is 0 Å². The van der Waals surface area contributed by atoms with E-state index in [9.17, 15) is 0 Å². The molecule has 2 saturated heterocycles. The number of benzene rings is 2. The van der Waals surface area contributed by atoms with E-state index in [1.807, 2.05) is 84.6 Å². The molecule has 4 heterocycles. The van der Waals surface area contributed by atoms with Crippen LogP contribution in [0.3, 0.4) is 0 Å². The molecule has 0 radical (unpaired) electrons. The van der Waals surface area contributed by atoms with Crippen LogP contribution in [0.4, 0.5) is 11.6 Å². The summed E-state index contributed by atoms with van der Waals surface area (Å²) >= 11 is 9.50. The van der Waals surface area contributed by atoms with Gasteiger partial charge in [-0.05, 0) is 6.07 Å². The molecule has 2 aromatic heterocycles. The first-order valence-electron chi connectivity index (χ1n) is 12.7. The zero-order chi connectivity index (χ0) is 27.3. The Bertz CT molecular complexity index is 1200. The summed E-state index contributed by atoms with van der Waals surface area (Å²) in [6.07, 6.45) is 3.49. The Morgan fingerprint density at radius 3 is 1.95 bits per heavy atom. The van der Waals surface area contributed by atoms with Crippen LogP contribution in [0.15, 0.2) is 85.2 Å². The third kappa shape index (κ3) is 9.66. The van der Waals surface area contributed by atoms with Gasteiger partial charge in [0.1, 0.15) is 11.6 Å². The highest BCUT2D eigenvalue weighted by Crippen LogP contribution is 2.23. The van der Waals surface area contributed by atoms with Gasteiger partial charge in [0.15, 0.2) is 11.6 Å². The van der Waals surface area contributed by atoms with Gasteiger partial charge in [-0.15, -0.1) is 23.4 Å². The van der Waals surface area contributed by atoms with Crippen molar-refractivity contribution in [1.82, 2.24) is 24.9 Å². The highest BCUT2D eigenvalue weighted by Gasteiger charge is 2.15. The Morgan fingerprint density at radius 1 is 0.769 bits per heavy atom. The van der Waals surface area contributed by atoms with Gasteiger partial charge < -0.3 is 10.6 Å². The molecular weight excluding hydrogens is 548 g/mol.